The molecule has 31 heavy (non-hydrogen) atoms. The van der Waals surface area contributed by atoms with Gasteiger partial charge in [0, 0.05) is 11.4 Å². The molecule has 2 N–H and O–H groups in total. The third-order valence-electron chi connectivity index (χ3n) is 4.56. The summed E-state index contributed by atoms with van der Waals surface area (Å²) in [4.78, 5) is 12.5. The zero-order chi connectivity index (χ0) is 22.4. The minimum absolute atomic E-state index is 0.103. The van der Waals surface area contributed by atoms with Gasteiger partial charge in [0.1, 0.15) is 0 Å². The van der Waals surface area contributed by atoms with Gasteiger partial charge in [0.05, 0.1) is 25.5 Å². The number of sulfonamides is 1. The van der Waals surface area contributed by atoms with Crippen LogP contribution in [0.15, 0.2) is 71.6 Å². The number of hydrogen-bond donors (Lipinski definition) is 2. The monoisotopic (exact) mass is 440 g/mol. The average molecular weight is 441 g/mol. The normalized spacial score (nSPS) is 10.9. The second-order valence-electron chi connectivity index (χ2n) is 6.91. The van der Waals surface area contributed by atoms with Crippen LogP contribution in [0.25, 0.3) is 0 Å². The van der Waals surface area contributed by atoms with Gasteiger partial charge in [-0.3, -0.25) is 9.52 Å². The van der Waals surface area contributed by atoms with Crippen molar-refractivity contribution >= 4 is 27.3 Å². The van der Waals surface area contributed by atoms with Crippen molar-refractivity contribution < 1.29 is 22.7 Å². The predicted molar refractivity (Wildman–Crippen MR) is 120 cm³/mol. The van der Waals surface area contributed by atoms with Crippen molar-refractivity contribution in [1.82, 2.24) is 0 Å². The van der Waals surface area contributed by atoms with Gasteiger partial charge in [0.2, 0.25) is 5.91 Å². The standard InChI is InChI=1S/C23H24N2O5S/c1-16-4-7-19(8-5-16)25-31(27,28)20-11-9-18(10-12-20)24-23(26)15-17-6-13-21(29-2)22(14-17)30-3/h4-14,25H,15H2,1-3H3,(H,24,26). The average Bonchev–Trinajstić information content (AvgIpc) is 2.75. The Kier molecular flexibility index (Phi) is 6.81. The summed E-state index contributed by atoms with van der Waals surface area (Å²) >= 11 is 0. The van der Waals surface area contributed by atoms with E-state index in [9.17, 15) is 13.2 Å². The molecular weight excluding hydrogens is 416 g/mol. The number of carbonyl (C=O) groups is 1. The maximum Gasteiger partial charge on any atom is 0.261 e. The van der Waals surface area contributed by atoms with Crippen LogP contribution in [0.5, 0.6) is 11.5 Å². The SMILES string of the molecule is COc1ccc(CC(=O)Nc2ccc(S(=O)(=O)Nc3ccc(C)cc3)cc2)cc1OC. The van der Waals surface area contributed by atoms with Crippen molar-refractivity contribution in [3.05, 3.63) is 77.9 Å². The zero-order valence-electron chi connectivity index (χ0n) is 17.5. The lowest BCUT2D eigenvalue weighted by Crippen LogP contribution is -2.15. The van der Waals surface area contributed by atoms with E-state index in [0.717, 1.165) is 11.1 Å². The van der Waals surface area contributed by atoms with Crippen molar-refractivity contribution in [1.29, 1.82) is 0 Å². The van der Waals surface area contributed by atoms with Crippen LogP contribution in [0.1, 0.15) is 11.1 Å². The van der Waals surface area contributed by atoms with E-state index < -0.39 is 10.0 Å². The summed E-state index contributed by atoms with van der Waals surface area (Å²) in [6.45, 7) is 1.93. The van der Waals surface area contributed by atoms with E-state index in [1.165, 1.54) is 19.2 Å². The van der Waals surface area contributed by atoms with Gasteiger partial charge in [0.15, 0.2) is 11.5 Å². The molecule has 8 heteroatoms. The Morgan fingerprint density at radius 2 is 1.45 bits per heavy atom. The lowest BCUT2D eigenvalue weighted by molar-refractivity contribution is -0.115. The van der Waals surface area contributed by atoms with Crippen molar-refractivity contribution in [3.63, 3.8) is 0 Å². The molecule has 0 saturated carbocycles. The van der Waals surface area contributed by atoms with Crippen LogP contribution in [-0.4, -0.2) is 28.5 Å². The second kappa shape index (κ2) is 9.53. The highest BCUT2D eigenvalue weighted by Crippen LogP contribution is 2.28. The first-order chi connectivity index (χ1) is 14.8. The summed E-state index contributed by atoms with van der Waals surface area (Å²) in [5.41, 5.74) is 2.78. The topological polar surface area (TPSA) is 93.7 Å². The summed E-state index contributed by atoms with van der Waals surface area (Å²) < 4.78 is 38.1. The molecule has 0 bridgehead atoms. The summed E-state index contributed by atoms with van der Waals surface area (Å²) in [6.07, 6.45) is 0.134. The molecule has 0 unspecified atom stereocenters. The lowest BCUT2D eigenvalue weighted by atomic mass is 10.1. The molecule has 0 spiro atoms. The Morgan fingerprint density at radius 3 is 2.06 bits per heavy atom. The number of nitrogens with one attached hydrogen (secondary N) is 2. The van der Waals surface area contributed by atoms with Gasteiger partial charge in [-0.05, 0) is 61.0 Å². The molecule has 162 valence electrons. The van der Waals surface area contributed by atoms with Crippen molar-refractivity contribution in [2.45, 2.75) is 18.2 Å². The van der Waals surface area contributed by atoms with E-state index in [2.05, 4.69) is 10.0 Å². The number of anilines is 2. The molecule has 0 aromatic heterocycles. The Hall–Kier alpha value is -3.52. The fraction of sp³-hybridized carbons (Fsp3) is 0.174. The highest BCUT2D eigenvalue weighted by molar-refractivity contribution is 7.92. The molecule has 7 nitrogen and oxygen atoms in total. The van der Waals surface area contributed by atoms with E-state index in [4.69, 9.17) is 9.47 Å². The first-order valence-corrected chi connectivity index (χ1v) is 11.0. The van der Waals surface area contributed by atoms with Crippen molar-refractivity contribution in [3.8, 4) is 11.5 Å². The third-order valence-corrected chi connectivity index (χ3v) is 5.96. The largest absolute Gasteiger partial charge is 0.493 e. The van der Waals surface area contributed by atoms with Crippen LogP contribution in [-0.2, 0) is 21.2 Å². The molecule has 0 radical (unpaired) electrons. The van der Waals surface area contributed by atoms with Crippen LogP contribution in [0.4, 0.5) is 11.4 Å². The quantitative estimate of drug-likeness (QED) is 0.552. The molecule has 0 aliphatic rings. The van der Waals surface area contributed by atoms with Crippen LogP contribution < -0.4 is 19.5 Å². The summed E-state index contributed by atoms with van der Waals surface area (Å²) in [5.74, 6) is 0.895. The van der Waals surface area contributed by atoms with Gasteiger partial charge in [0.25, 0.3) is 10.0 Å². The van der Waals surface area contributed by atoms with Gasteiger partial charge in [-0.1, -0.05) is 23.8 Å². The van der Waals surface area contributed by atoms with Crippen LogP contribution in [0.2, 0.25) is 0 Å². The fourth-order valence-corrected chi connectivity index (χ4v) is 3.99. The van der Waals surface area contributed by atoms with Crippen LogP contribution in [0, 0.1) is 6.92 Å². The lowest BCUT2D eigenvalue weighted by Gasteiger charge is -2.11. The van der Waals surface area contributed by atoms with Gasteiger partial charge in [-0.15, -0.1) is 0 Å². The van der Waals surface area contributed by atoms with E-state index >= 15 is 0 Å². The van der Waals surface area contributed by atoms with E-state index in [-0.39, 0.29) is 17.2 Å². The Labute approximate surface area is 182 Å². The van der Waals surface area contributed by atoms with Crippen LogP contribution in [0.3, 0.4) is 0 Å². The number of benzene rings is 3. The Balaban J connectivity index is 1.64. The maximum absolute atomic E-state index is 12.6. The zero-order valence-corrected chi connectivity index (χ0v) is 18.3. The Bertz CT molecular complexity index is 1160. The van der Waals surface area contributed by atoms with Crippen molar-refractivity contribution in [2.24, 2.45) is 0 Å². The molecule has 3 aromatic carbocycles. The second-order valence-corrected chi connectivity index (χ2v) is 8.59. The fourth-order valence-electron chi connectivity index (χ4n) is 2.93. The smallest absolute Gasteiger partial charge is 0.261 e. The van der Waals surface area contributed by atoms with Gasteiger partial charge >= 0.3 is 0 Å². The highest BCUT2D eigenvalue weighted by atomic mass is 32.2. The summed E-state index contributed by atoms with van der Waals surface area (Å²) in [7, 11) is -0.644. The summed E-state index contributed by atoms with van der Waals surface area (Å²) in [6, 6.07) is 18.3. The molecule has 3 aromatic rings. The molecule has 0 aliphatic heterocycles. The predicted octanol–water partition coefficient (Wildman–Crippen LogP) is 3.99. The number of ether oxygens (including phenoxy) is 2. The molecule has 0 fully saturated rings. The number of aryl methyl sites for hydroxylation is 1. The van der Waals surface area contributed by atoms with Gasteiger partial charge in [-0.2, -0.15) is 0 Å². The molecule has 0 saturated heterocycles. The molecule has 1 amide bonds. The molecule has 0 heterocycles. The maximum atomic E-state index is 12.6. The molecule has 3 rings (SSSR count). The third kappa shape index (κ3) is 5.76. The van der Waals surface area contributed by atoms with E-state index in [1.807, 2.05) is 19.1 Å². The molecule has 0 aliphatic carbocycles. The van der Waals surface area contributed by atoms with Gasteiger partial charge < -0.3 is 14.8 Å². The summed E-state index contributed by atoms with van der Waals surface area (Å²) in [5, 5.41) is 2.76. The molecular formula is C23H24N2O5S. The highest BCUT2D eigenvalue weighted by Gasteiger charge is 2.15. The number of methoxy groups -OCH3 is 2. The number of carbonyl (C=O) groups excluding carboxylic acids is 1. The Morgan fingerprint density at radius 1 is 0.839 bits per heavy atom. The van der Waals surface area contributed by atoms with E-state index in [0.29, 0.717) is 22.9 Å². The minimum Gasteiger partial charge on any atom is -0.493 e. The number of rotatable bonds is 8. The van der Waals surface area contributed by atoms with Crippen molar-refractivity contribution in [2.75, 3.05) is 24.3 Å². The minimum atomic E-state index is -3.72. The first-order valence-electron chi connectivity index (χ1n) is 9.51. The van der Waals surface area contributed by atoms with Gasteiger partial charge in [-0.25, -0.2) is 8.42 Å². The van der Waals surface area contributed by atoms with E-state index in [1.54, 1.807) is 49.6 Å². The number of hydrogen-bond acceptors (Lipinski definition) is 5. The first kappa shape index (κ1) is 22.2. The molecule has 0 atom stereocenters. The van der Waals surface area contributed by atoms with Crippen LogP contribution >= 0.6 is 0 Å². The number of amides is 1.